The molecule has 11 heavy (non-hydrogen) atoms. The van der Waals surface area contributed by atoms with Crippen LogP contribution >= 0.6 is 0 Å². The first-order valence-corrected chi connectivity index (χ1v) is 4.02. The van der Waals surface area contributed by atoms with Crippen LogP contribution in [-0.4, -0.2) is 16.3 Å². The molecule has 0 radical (unpaired) electrons. The van der Waals surface area contributed by atoms with Crippen LogP contribution in [0.5, 0.6) is 0 Å². The second kappa shape index (κ2) is 7.28. The summed E-state index contributed by atoms with van der Waals surface area (Å²) in [6.45, 7) is 5.93. The molecular formula is C8H17N3. The maximum absolute atomic E-state index is 4.02. The number of nitrogens with zero attached hydrogens (tertiary/aromatic N) is 2. The molecule has 0 aliphatic carbocycles. The lowest BCUT2D eigenvalue weighted by atomic mass is 10.6. The quantitative estimate of drug-likeness (QED) is 0.624. The number of rotatable bonds is 3. The van der Waals surface area contributed by atoms with E-state index in [2.05, 4.69) is 12.1 Å². The van der Waals surface area contributed by atoms with Crippen LogP contribution in [-0.2, 0) is 6.54 Å². The highest BCUT2D eigenvalue weighted by Gasteiger charge is 1.85. The van der Waals surface area contributed by atoms with E-state index in [9.17, 15) is 0 Å². The molecule has 0 unspecified atom stereocenters. The van der Waals surface area contributed by atoms with E-state index < -0.39 is 0 Å². The number of hydrogen-bond acceptors (Lipinski definition) is 1. The Kier molecular flexibility index (Phi) is 6.73. The summed E-state index contributed by atoms with van der Waals surface area (Å²) in [7, 11) is 3.62. The van der Waals surface area contributed by atoms with Crippen LogP contribution in [0.15, 0.2) is 18.5 Å². The number of nitrogens with two attached hydrogens (primary N) is 1. The maximum atomic E-state index is 4.02. The van der Waals surface area contributed by atoms with Crippen molar-refractivity contribution in [3.8, 4) is 0 Å². The third-order valence-electron chi connectivity index (χ3n) is 1.12. The number of quaternary nitrogens is 1. The molecule has 0 aliphatic rings. The predicted octanol–water partition coefficient (Wildman–Crippen LogP) is 0.264. The Morgan fingerprint density at radius 2 is 2.27 bits per heavy atom. The molecule has 0 aromatic carbocycles. The molecule has 0 saturated carbocycles. The van der Waals surface area contributed by atoms with Gasteiger partial charge in [-0.05, 0) is 6.07 Å². The van der Waals surface area contributed by atoms with Crippen molar-refractivity contribution in [3.05, 3.63) is 25.5 Å². The van der Waals surface area contributed by atoms with Crippen LogP contribution in [0, 0.1) is 7.05 Å². The summed E-state index contributed by atoms with van der Waals surface area (Å²) in [6.07, 6.45) is 3.73. The molecule has 0 saturated heterocycles. The topological polar surface area (TPSA) is 34.4 Å². The van der Waals surface area contributed by atoms with Crippen molar-refractivity contribution in [3.63, 3.8) is 0 Å². The van der Waals surface area contributed by atoms with Gasteiger partial charge in [0, 0.05) is 12.4 Å². The molecule has 0 aliphatic heterocycles. The van der Waals surface area contributed by atoms with Gasteiger partial charge in [0.2, 0.25) is 0 Å². The summed E-state index contributed by atoms with van der Waals surface area (Å²) in [4.78, 5) is 0. The van der Waals surface area contributed by atoms with Crippen molar-refractivity contribution in [2.75, 3.05) is 6.54 Å². The zero-order valence-electron chi connectivity index (χ0n) is 7.33. The van der Waals surface area contributed by atoms with Gasteiger partial charge in [0.05, 0.1) is 13.1 Å². The molecule has 0 amide bonds. The lowest BCUT2D eigenvalue weighted by molar-refractivity contribution is -0.596. The molecule has 64 valence electrons. The van der Waals surface area contributed by atoms with Gasteiger partial charge in [0.1, 0.15) is 0 Å². The van der Waals surface area contributed by atoms with Crippen LogP contribution in [0.3, 0.4) is 0 Å². The molecule has 1 heterocycles. The predicted molar refractivity (Wildman–Crippen MR) is 45.7 cm³/mol. The molecule has 0 fully saturated rings. The van der Waals surface area contributed by atoms with Crippen molar-refractivity contribution < 1.29 is 5.32 Å². The molecule has 1 aromatic heterocycles. The van der Waals surface area contributed by atoms with E-state index in [0.717, 1.165) is 13.1 Å². The van der Waals surface area contributed by atoms with Crippen LogP contribution in [0.1, 0.15) is 13.8 Å². The van der Waals surface area contributed by atoms with Crippen LogP contribution in [0.25, 0.3) is 0 Å². The molecule has 0 atom stereocenters. The Labute approximate surface area is 68.4 Å². The SMILES string of the molecule is CC.[CH2-][NH2+]CCn1cccn1. The smallest absolute Gasteiger partial charge is 0.0877 e. The first kappa shape index (κ1) is 10.2. The van der Waals surface area contributed by atoms with Gasteiger partial charge in [0.25, 0.3) is 0 Å². The van der Waals surface area contributed by atoms with E-state index in [1.807, 2.05) is 36.1 Å². The Hall–Kier alpha value is -0.830. The first-order valence-electron chi connectivity index (χ1n) is 4.02. The fraction of sp³-hybridized carbons (Fsp3) is 0.500. The second-order valence-electron chi connectivity index (χ2n) is 1.85. The lowest BCUT2D eigenvalue weighted by Gasteiger charge is -1.98. The van der Waals surface area contributed by atoms with Gasteiger partial charge in [-0.1, -0.05) is 13.8 Å². The highest BCUT2D eigenvalue weighted by molar-refractivity contribution is 4.77. The third kappa shape index (κ3) is 4.56. The van der Waals surface area contributed by atoms with Crippen molar-refractivity contribution in [1.82, 2.24) is 9.78 Å². The van der Waals surface area contributed by atoms with Gasteiger partial charge in [-0.2, -0.15) is 12.1 Å². The zero-order valence-corrected chi connectivity index (χ0v) is 7.33. The van der Waals surface area contributed by atoms with Crippen molar-refractivity contribution in [2.24, 2.45) is 0 Å². The number of aromatic nitrogens is 2. The van der Waals surface area contributed by atoms with Gasteiger partial charge >= 0.3 is 0 Å². The van der Waals surface area contributed by atoms with Gasteiger partial charge in [-0.3, -0.25) is 4.68 Å². The number of hydrogen-bond donors (Lipinski definition) is 1. The Morgan fingerprint density at radius 3 is 2.73 bits per heavy atom. The minimum atomic E-state index is 0.941. The largest absolute Gasteiger partial charge is 0.477 e. The van der Waals surface area contributed by atoms with E-state index in [1.165, 1.54) is 0 Å². The van der Waals surface area contributed by atoms with Crippen molar-refractivity contribution >= 4 is 0 Å². The van der Waals surface area contributed by atoms with Crippen LogP contribution in [0.4, 0.5) is 0 Å². The molecule has 1 rings (SSSR count). The van der Waals surface area contributed by atoms with E-state index >= 15 is 0 Å². The molecule has 3 nitrogen and oxygen atoms in total. The van der Waals surface area contributed by atoms with Crippen LogP contribution in [0.2, 0.25) is 0 Å². The third-order valence-corrected chi connectivity index (χ3v) is 1.12. The van der Waals surface area contributed by atoms with Gasteiger partial charge in [-0.25, -0.2) is 0 Å². The van der Waals surface area contributed by atoms with E-state index in [4.69, 9.17) is 0 Å². The Balaban J connectivity index is 0.000000461. The summed E-state index contributed by atoms with van der Waals surface area (Å²) in [5, 5.41) is 5.91. The minimum absolute atomic E-state index is 0.941. The fourth-order valence-electron chi connectivity index (χ4n) is 0.656. The normalized spacial score (nSPS) is 8.64. The average molecular weight is 155 g/mol. The van der Waals surface area contributed by atoms with E-state index in [1.54, 1.807) is 6.20 Å². The van der Waals surface area contributed by atoms with Gasteiger partial charge in [0.15, 0.2) is 0 Å². The molecule has 3 heteroatoms. The highest BCUT2D eigenvalue weighted by Crippen LogP contribution is 1.79. The standard InChI is InChI=1S/C6H11N3.C2H6/c1-7-4-6-9-5-2-3-8-9;1-2/h2-3,5H,1,4,6-7H2;1-2H3. The molecule has 0 bridgehead atoms. The van der Waals surface area contributed by atoms with E-state index in [0.29, 0.717) is 0 Å². The second-order valence-corrected chi connectivity index (χ2v) is 1.85. The summed E-state index contributed by atoms with van der Waals surface area (Å²) in [6, 6.07) is 1.92. The Morgan fingerprint density at radius 1 is 1.55 bits per heavy atom. The zero-order chi connectivity index (χ0) is 8.53. The van der Waals surface area contributed by atoms with Crippen LogP contribution < -0.4 is 5.32 Å². The van der Waals surface area contributed by atoms with Crippen molar-refractivity contribution in [1.29, 1.82) is 0 Å². The molecule has 2 N–H and O–H groups in total. The average Bonchev–Trinajstić information content (AvgIpc) is 2.57. The maximum Gasteiger partial charge on any atom is 0.0877 e. The van der Waals surface area contributed by atoms with Gasteiger partial charge in [-0.15, -0.1) is 0 Å². The summed E-state index contributed by atoms with van der Waals surface area (Å²) in [5.41, 5.74) is 0. The minimum Gasteiger partial charge on any atom is -0.477 e. The highest BCUT2D eigenvalue weighted by atomic mass is 15.3. The summed E-state index contributed by atoms with van der Waals surface area (Å²) < 4.78 is 1.89. The molecule has 0 spiro atoms. The first-order chi connectivity index (χ1) is 5.43. The molecular weight excluding hydrogens is 138 g/mol. The van der Waals surface area contributed by atoms with Gasteiger partial charge < -0.3 is 5.32 Å². The Bertz CT molecular complexity index is 146. The summed E-state index contributed by atoms with van der Waals surface area (Å²) in [5.74, 6) is 0. The van der Waals surface area contributed by atoms with E-state index in [-0.39, 0.29) is 0 Å². The summed E-state index contributed by atoms with van der Waals surface area (Å²) >= 11 is 0. The molecule has 1 aromatic rings. The van der Waals surface area contributed by atoms with Crippen molar-refractivity contribution in [2.45, 2.75) is 20.4 Å². The lowest BCUT2D eigenvalue weighted by Crippen LogP contribution is -2.77. The fourth-order valence-corrected chi connectivity index (χ4v) is 0.656. The monoisotopic (exact) mass is 155 g/mol.